The van der Waals surface area contributed by atoms with Crippen molar-refractivity contribution in [2.24, 2.45) is 0 Å². The van der Waals surface area contributed by atoms with Gasteiger partial charge in [0.25, 0.3) is 0 Å². The van der Waals surface area contributed by atoms with Crippen LogP contribution in [0.5, 0.6) is 5.75 Å². The highest BCUT2D eigenvalue weighted by Gasteiger charge is 2.13. The summed E-state index contributed by atoms with van der Waals surface area (Å²) in [6.45, 7) is 3.38. The Bertz CT molecular complexity index is 481. The lowest BCUT2D eigenvalue weighted by atomic mass is 10.1. The maximum Gasteiger partial charge on any atom is 0.123 e. The van der Waals surface area contributed by atoms with Gasteiger partial charge in [-0.25, -0.2) is 0 Å². The van der Waals surface area contributed by atoms with Gasteiger partial charge in [0.2, 0.25) is 0 Å². The van der Waals surface area contributed by atoms with Crippen molar-refractivity contribution >= 4 is 0 Å². The molecule has 0 atom stereocenters. The van der Waals surface area contributed by atoms with Gasteiger partial charge in [0.15, 0.2) is 0 Å². The van der Waals surface area contributed by atoms with E-state index >= 15 is 0 Å². The summed E-state index contributed by atoms with van der Waals surface area (Å²) >= 11 is 0. The fraction of sp³-hybridized carbons (Fsp3) is 0.529. The number of hydrogen-bond donors (Lipinski definition) is 1. The van der Waals surface area contributed by atoms with Crippen LogP contribution in [0.3, 0.4) is 0 Å². The van der Waals surface area contributed by atoms with Crippen molar-refractivity contribution < 1.29 is 9.84 Å². The van der Waals surface area contributed by atoms with Crippen LogP contribution < -0.4 is 4.74 Å². The molecule has 1 aromatic carbocycles. The summed E-state index contributed by atoms with van der Waals surface area (Å²) in [4.78, 5) is 2.48. The summed E-state index contributed by atoms with van der Waals surface area (Å²) in [6, 6.07) is 6.07. The molecule has 3 nitrogen and oxygen atoms in total. The zero-order valence-electron chi connectivity index (χ0n) is 12.2. The monoisotopic (exact) mass is 273 g/mol. The summed E-state index contributed by atoms with van der Waals surface area (Å²) in [7, 11) is 1.71. The number of hydrogen-bond acceptors (Lipinski definition) is 3. The highest BCUT2D eigenvalue weighted by molar-refractivity contribution is 5.44. The molecule has 0 aromatic heterocycles. The van der Waals surface area contributed by atoms with Crippen LogP contribution in [0.4, 0.5) is 0 Å². The number of aliphatic hydroxyl groups is 1. The van der Waals surface area contributed by atoms with Crippen LogP contribution in [0.15, 0.2) is 18.2 Å². The topological polar surface area (TPSA) is 32.7 Å². The highest BCUT2D eigenvalue weighted by Crippen LogP contribution is 2.23. The molecule has 108 valence electrons. The Kier molecular flexibility index (Phi) is 5.91. The molecule has 1 aliphatic heterocycles. The van der Waals surface area contributed by atoms with E-state index in [2.05, 4.69) is 22.8 Å². The van der Waals surface area contributed by atoms with Gasteiger partial charge in [0.1, 0.15) is 5.75 Å². The first-order chi connectivity index (χ1) is 9.83. The fourth-order valence-corrected chi connectivity index (χ4v) is 2.56. The molecule has 1 saturated heterocycles. The Morgan fingerprint density at radius 3 is 2.75 bits per heavy atom. The molecule has 1 N–H and O–H groups in total. The van der Waals surface area contributed by atoms with Crippen molar-refractivity contribution in [3.05, 3.63) is 29.3 Å². The maximum absolute atomic E-state index is 8.77. The summed E-state index contributed by atoms with van der Waals surface area (Å²) in [5.41, 5.74) is 2.19. The van der Waals surface area contributed by atoms with E-state index in [9.17, 15) is 0 Å². The predicted molar refractivity (Wildman–Crippen MR) is 80.7 cm³/mol. The average Bonchev–Trinajstić information content (AvgIpc) is 2.49. The molecule has 0 spiro atoms. The second kappa shape index (κ2) is 7.94. The Hall–Kier alpha value is -1.50. The minimum absolute atomic E-state index is 0.115. The van der Waals surface area contributed by atoms with E-state index in [4.69, 9.17) is 9.84 Å². The lowest BCUT2D eigenvalue weighted by molar-refractivity contribution is 0.218. The molecule has 1 aromatic rings. The number of methoxy groups -OCH3 is 1. The number of rotatable bonds is 4. The second-order valence-electron chi connectivity index (χ2n) is 5.14. The van der Waals surface area contributed by atoms with Gasteiger partial charge >= 0.3 is 0 Å². The standard InChI is InChI=1S/C17H23NO2/c1-20-17-9-8-15(7-3-6-12-19)13-16(17)14-18-10-4-2-5-11-18/h8-9,13,19H,2,4-6,10-12,14H2,1H3. The summed E-state index contributed by atoms with van der Waals surface area (Å²) in [5.74, 6) is 6.99. The van der Waals surface area contributed by atoms with Crippen LogP contribution in [0.25, 0.3) is 0 Å². The Labute approximate surface area is 121 Å². The predicted octanol–water partition coefficient (Wildman–Crippen LogP) is 2.42. The molecule has 0 radical (unpaired) electrons. The average molecular weight is 273 g/mol. The third kappa shape index (κ3) is 4.26. The van der Waals surface area contributed by atoms with Gasteiger partial charge in [0, 0.05) is 24.1 Å². The molecular weight excluding hydrogens is 250 g/mol. The van der Waals surface area contributed by atoms with E-state index in [-0.39, 0.29) is 6.61 Å². The molecule has 3 heteroatoms. The van der Waals surface area contributed by atoms with Crippen LogP contribution in [0.2, 0.25) is 0 Å². The van der Waals surface area contributed by atoms with Gasteiger partial charge < -0.3 is 9.84 Å². The Morgan fingerprint density at radius 1 is 1.25 bits per heavy atom. The molecule has 0 aliphatic carbocycles. The van der Waals surface area contributed by atoms with Crippen LogP contribution in [-0.2, 0) is 6.54 Å². The SMILES string of the molecule is COc1ccc(C#CCCO)cc1CN1CCCCC1. The summed E-state index contributed by atoms with van der Waals surface area (Å²) in [6.07, 6.45) is 4.45. The van der Waals surface area contributed by atoms with Gasteiger partial charge in [-0.1, -0.05) is 18.3 Å². The molecule has 1 heterocycles. The molecule has 0 bridgehead atoms. The van der Waals surface area contributed by atoms with Crippen LogP contribution in [0, 0.1) is 11.8 Å². The minimum atomic E-state index is 0.115. The number of benzene rings is 1. The number of nitrogens with zero attached hydrogens (tertiary/aromatic N) is 1. The lowest BCUT2D eigenvalue weighted by Gasteiger charge is -2.27. The largest absolute Gasteiger partial charge is 0.496 e. The molecule has 2 rings (SSSR count). The summed E-state index contributed by atoms with van der Waals surface area (Å²) in [5, 5.41) is 8.77. The zero-order chi connectivity index (χ0) is 14.2. The molecule has 1 aliphatic rings. The van der Waals surface area contributed by atoms with E-state index in [1.165, 1.54) is 37.9 Å². The molecule has 0 saturated carbocycles. The molecule has 1 fully saturated rings. The maximum atomic E-state index is 8.77. The van der Waals surface area contributed by atoms with Crippen molar-refractivity contribution in [3.63, 3.8) is 0 Å². The first kappa shape index (κ1) is 14.9. The molecule has 0 unspecified atom stereocenters. The number of piperidine rings is 1. The quantitative estimate of drug-likeness (QED) is 0.855. The van der Waals surface area contributed by atoms with E-state index in [1.807, 2.05) is 12.1 Å². The fourth-order valence-electron chi connectivity index (χ4n) is 2.56. The van der Waals surface area contributed by atoms with Crippen molar-refractivity contribution in [1.82, 2.24) is 4.90 Å². The van der Waals surface area contributed by atoms with Crippen molar-refractivity contribution in [1.29, 1.82) is 0 Å². The van der Waals surface area contributed by atoms with E-state index in [0.29, 0.717) is 6.42 Å². The molecule has 0 amide bonds. The highest BCUT2D eigenvalue weighted by atomic mass is 16.5. The number of likely N-dealkylation sites (tertiary alicyclic amines) is 1. The van der Waals surface area contributed by atoms with Gasteiger partial charge in [0.05, 0.1) is 13.7 Å². The normalized spacial score (nSPS) is 15.5. The van der Waals surface area contributed by atoms with Gasteiger partial charge in [-0.2, -0.15) is 0 Å². The van der Waals surface area contributed by atoms with Crippen molar-refractivity contribution in [3.8, 4) is 17.6 Å². The zero-order valence-corrected chi connectivity index (χ0v) is 12.2. The smallest absolute Gasteiger partial charge is 0.123 e. The second-order valence-corrected chi connectivity index (χ2v) is 5.14. The van der Waals surface area contributed by atoms with E-state index in [0.717, 1.165) is 17.9 Å². The Morgan fingerprint density at radius 2 is 2.05 bits per heavy atom. The molecular formula is C17H23NO2. The minimum Gasteiger partial charge on any atom is -0.496 e. The van der Waals surface area contributed by atoms with Gasteiger partial charge in [-0.05, 0) is 44.1 Å². The third-order valence-corrected chi connectivity index (χ3v) is 3.59. The lowest BCUT2D eigenvalue weighted by Crippen LogP contribution is -2.29. The first-order valence-electron chi connectivity index (χ1n) is 7.32. The van der Waals surface area contributed by atoms with Crippen molar-refractivity contribution in [2.75, 3.05) is 26.8 Å². The Balaban J connectivity index is 2.11. The first-order valence-corrected chi connectivity index (χ1v) is 7.32. The van der Waals surface area contributed by atoms with Crippen molar-refractivity contribution in [2.45, 2.75) is 32.2 Å². The van der Waals surface area contributed by atoms with E-state index < -0.39 is 0 Å². The van der Waals surface area contributed by atoms with Crippen LogP contribution in [-0.4, -0.2) is 36.8 Å². The third-order valence-electron chi connectivity index (χ3n) is 3.59. The number of aliphatic hydroxyl groups excluding tert-OH is 1. The van der Waals surface area contributed by atoms with Gasteiger partial charge in [-0.15, -0.1) is 0 Å². The van der Waals surface area contributed by atoms with Crippen LogP contribution in [0.1, 0.15) is 36.8 Å². The molecule has 20 heavy (non-hydrogen) atoms. The summed E-state index contributed by atoms with van der Waals surface area (Å²) < 4.78 is 5.45. The van der Waals surface area contributed by atoms with Crippen LogP contribution >= 0.6 is 0 Å². The van der Waals surface area contributed by atoms with Gasteiger partial charge in [-0.3, -0.25) is 4.90 Å². The number of ether oxygens (including phenoxy) is 1. The van der Waals surface area contributed by atoms with E-state index in [1.54, 1.807) is 7.11 Å².